The predicted octanol–water partition coefficient (Wildman–Crippen LogP) is 16.1. The fourth-order valence-electron chi connectivity index (χ4n) is 8.68. The minimum absolute atomic E-state index is 0.299. The Balaban J connectivity index is 1.50. The van der Waals surface area contributed by atoms with Crippen molar-refractivity contribution in [3.05, 3.63) is 66.8 Å². The fourth-order valence-corrected chi connectivity index (χ4v) is 14.7. The summed E-state index contributed by atoms with van der Waals surface area (Å²) in [6.07, 6.45) is 15.5. The molecule has 0 N–H and O–H groups in total. The molecule has 1 unspecified atom stereocenters. The summed E-state index contributed by atoms with van der Waals surface area (Å²) in [5, 5.41) is 1.71. The Hall–Kier alpha value is -2.53. The van der Waals surface area contributed by atoms with Crippen LogP contribution in [0.3, 0.4) is 0 Å². The molecule has 7 rings (SSSR count). The van der Waals surface area contributed by atoms with Crippen molar-refractivity contribution in [2.45, 2.75) is 128 Å². The number of ether oxygens (including phenoxy) is 4. The van der Waals surface area contributed by atoms with E-state index in [1.54, 1.807) is 28.4 Å². The normalized spacial score (nSPS) is 15.7. The second-order valence-electron chi connectivity index (χ2n) is 17.1. The van der Waals surface area contributed by atoms with Gasteiger partial charge in [0.15, 0.2) is 5.58 Å². The first-order chi connectivity index (χ1) is 29.0. The van der Waals surface area contributed by atoms with Gasteiger partial charge in [-0.1, -0.05) is 72.6 Å². The van der Waals surface area contributed by atoms with Gasteiger partial charge in [-0.05, 0) is 143 Å². The molecular weight excluding hydrogens is 1020 g/mol. The van der Waals surface area contributed by atoms with Gasteiger partial charge in [-0.15, -0.1) is 0 Å². The average molecular weight is 1080 g/mol. The van der Waals surface area contributed by atoms with Gasteiger partial charge in [-0.25, -0.2) is 0 Å². The largest absolute Gasteiger partial charge is 0.497 e. The maximum Gasteiger partial charge on any atom is 0.453 e. The molecule has 2 aliphatic rings. The van der Waals surface area contributed by atoms with Crippen LogP contribution in [-0.4, -0.2) is 39.8 Å². The van der Waals surface area contributed by atoms with E-state index in [4.69, 9.17) is 36.4 Å². The van der Waals surface area contributed by atoms with Gasteiger partial charge < -0.3 is 36.4 Å². The number of unbranched alkanes of at least 4 members (excludes halogenated alkanes) is 1. The summed E-state index contributed by atoms with van der Waals surface area (Å²) < 4.78 is 54.6. The van der Waals surface area contributed by atoms with E-state index in [-0.39, 0.29) is 5.41 Å². The van der Waals surface area contributed by atoms with E-state index in [9.17, 15) is 0 Å². The summed E-state index contributed by atoms with van der Waals surface area (Å²) in [6.45, 7) is 8.76. The van der Waals surface area contributed by atoms with Crippen LogP contribution < -0.4 is 28.0 Å². The third-order valence-electron chi connectivity index (χ3n) is 11.9. The van der Waals surface area contributed by atoms with Crippen LogP contribution in [0.4, 0.5) is 0 Å². The molecule has 324 valence electrons. The number of hydrogen-bond acceptors (Lipinski definition) is 8. The summed E-state index contributed by atoms with van der Waals surface area (Å²) >= 11 is 4.77. The zero-order valence-electron chi connectivity index (χ0n) is 36.4. The van der Waals surface area contributed by atoms with Crippen molar-refractivity contribution in [3.8, 4) is 45.6 Å². The van der Waals surface area contributed by atoms with Gasteiger partial charge in [0.1, 0.15) is 40.1 Å². The van der Waals surface area contributed by atoms with Crippen molar-refractivity contribution >= 4 is 83.5 Å². The van der Waals surface area contributed by atoms with Crippen LogP contribution in [0.1, 0.15) is 116 Å². The molecule has 0 aliphatic heterocycles. The molecule has 4 aromatic carbocycles. The van der Waals surface area contributed by atoms with Crippen LogP contribution in [0.25, 0.3) is 33.1 Å². The molecule has 0 amide bonds. The van der Waals surface area contributed by atoms with Gasteiger partial charge in [-0.2, -0.15) is 0 Å². The number of fused-ring (bicyclic) bond motifs is 3. The minimum atomic E-state index is -2.07. The lowest BCUT2D eigenvalue weighted by atomic mass is 9.85. The number of methoxy groups -OCH3 is 4. The smallest absolute Gasteiger partial charge is 0.453 e. The number of rotatable bonds is 14. The van der Waals surface area contributed by atoms with E-state index in [0.717, 1.165) is 88.2 Å². The number of halogens is 2. The Morgan fingerprint density at radius 1 is 0.633 bits per heavy atom. The van der Waals surface area contributed by atoms with Crippen molar-refractivity contribution in [3.63, 3.8) is 0 Å². The van der Waals surface area contributed by atoms with Gasteiger partial charge in [0.25, 0.3) is 0 Å². The molecule has 1 heterocycles. The molecule has 0 bridgehead atoms. The lowest BCUT2D eigenvalue weighted by molar-refractivity contribution is 0.411. The van der Waals surface area contributed by atoms with Crippen LogP contribution in [-0.2, 0) is 11.8 Å². The lowest BCUT2D eigenvalue weighted by Gasteiger charge is -2.38. The van der Waals surface area contributed by atoms with E-state index in [0.29, 0.717) is 28.2 Å². The van der Waals surface area contributed by atoms with Crippen LogP contribution in [0.2, 0.25) is 0 Å². The monoisotopic (exact) mass is 1080 g/mol. The summed E-state index contributed by atoms with van der Waals surface area (Å²) in [4.78, 5) is 0. The Morgan fingerprint density at radius 3 is 1.70 bits per heavy atom. The van der Waals surface area contributed by atoms with Crippen LogP contribution in [0, 0.1) is 7.14 Å². The molecular formula is C48H60I2O8P2. The maximum absolute atomic E-state index is 7.60. The van der Waals surface area contributed by atoms with E-state index in [1.165, 1.54) is 64.2 Å². The first kappa shape index (κ1) is 45.5. The molecule has 60 heavy (non-hydrogen) atoms. The van der Waals surface area contributed by atoms with Gasteiger partial charge in [0.2, 0.25) is 0 Å². The molecule has 5 aromatic rings. The highest BCUT2D eigenvalue weighted by atomic mass is 127. The summed E-state index contributed by atoms with van der Waals surface area (Å²) in [5.41, 5.74) is 6.06. The SMILES string of the molecule is CCCCc1cc(OC)cc(-c2cc(OC)cc(I)c2OP(C2CCCCC2)C2CCCCC2)c1Op1oc2c(I)cc(OC)cc2c2cc(OC)cc(C(C)(C)C)c2o1. The third kappa shape index (κ3) is 10.1. The fraction of sp³-hybridized carbons (Fsp3) is 0.500. The topological polar surface area (TPSA) is 81.7 Å². The van der Waals surface area contributed by atoms with E-state index >= 15 is 0 Å². The van der Waals surface area contributed by atoms with Gasteiger partial charge >= 0.3 is 8.24 Å². The first-order valence-electron chi connectivity index (χ1n) is 21.5. The number of aryl methyl sites for hydroxylation is 1. The van der Waals surface area contributed by atoms with Crippen LogP contribution in [0.15, 0.2) is 56.9 Å². The van der Waals surface area contributed by atoms with Gasteiger partial charge in [0.05, 0.1) is 43.7 Å². The van der Waals surface area contributed by atoms with Crippen LogP contribution in [0.5, 0.6) is 34.5 Å². The minimum Gasteiger partial charge on any atom is -0.497 e. The van der Waals surface area contributed by atoms with Crippen molar-refractivity contribution in [1.29, 1.82) is 0 Å². The van der Waals surface area contributed by atoms with Crippen molar-refractivity contribution < 1.29 is 36.4 Å². The summed E-state index contributed by atoms with van der Waals surface area (Å²) in [6, 6.07) is 16.5. The van der Waals surface area contributed by atoms with E-state index < -0.39 is 16.4 Å². The quantitative estimate of drug-likeness (QED) is 0.0804. The highest BCUT2D eigenvalue weighted by Gasteiger charge is 2.36. The van der Waals surface area contributed by atoms with Gasteiger partial charge in [-0.3, -0.25) is 0 Å². The Morgan fingerprint density at radius 2 is 1.13 bits per heavy atom. The number of hydrogen-bond donors (Lipinski definition) is 0. The molecule has 1 atom stereocenters. The number of benzene rings is 4. The first-order valence-corrected chi connectivity index (χ1v) is 26.1. The van der Waals surface area contributed by atoms with Crippen molar-refractivity contribution in [2.75, 3.05) is 28.4 Å². The predicted molar refractivity (Wildman–Crippen MR) is 264 cm³/mol. The molecule has 2 aliphatic carbocycles. The molecule has 2 saturated carbocycles. The molecule has 0 radical (unpaired) electrons. The zero-order valence-corrected chi connectivity index (χ0v) is 42.5. The Labute approximate surface area is 385 Å². The van der Waals surface area contributed by atoms with E-state index in [1.807, 2.05) is 18.2 Å². The molecule has 12 heteroatoms. The van der Waals surface area contributed by atoms with E-state index in [2.05, 4.69) is 103 Å². The molecule has 0 saturated heterocycles. The average Bonchev–Trinajstić information content (AvgIpc) is 3.41. The standard InChI is InChI=1S/C48H60I2O8P2/c1-9-10-17-30-22-31(51-5)23-37(39-25-33(53-7)28-42(49)46(39)55-59(35-18-13-11-14-19-35)36-20-15-12-16-21-36)44(30)56-60-57-45-38(24-32(52-6)27-41(45)48(2,3)4)40-26-34(54-8)29-43(50)47(40)58-60/h22-29,35-36H,9-21H2,1-8H3. The van der Waals surface area contributed by atoms with Crippen LogP contribution >= 0.6 is 61.6 Å². The second-order valence-corrected chi connectivity index (χ2v) is 22.8. The summed E-state index contributed by atoms with van der Waals surface area (Å²) in [5.74, 6) is 4.56. The summed E-state index contributed by atoms with van der Waals surface area (Å²) in [7, 11) is 4.03. The zero-order chi connectivity index (χ0) is 42.6. The Kier molecular flexibility index (Phi) is 15.4. The maximum atomic E-state index is 7.60. The van der Waals surface area contributed by atoms with Crippen molar-refractivity contribution in [1.82, 2.24) is 0 Å². The molecule has 2 fully saturated rings. The second kappa shape index (κ2) is 20.3. The molecule has 8 nitrogen and oxygen atoms in total. The highest BCUT2D eigenvalue weighted by Crippen LogP contribution is 2.59. The molecule has 1 aromatic heterocycles. The highest BCUT2D eigenvalue weighted by molar-refractivity contribution is 14.1. The van der Waals surface area contributed by atoms with Gasteiger partial charge in [0, 0.05) is 38.8 Å². The lowest BCUT2D eigenvalue weighted by Crippen LogP contribution is -2.23. The third-order valence-corrected chi connectivity index (χ3v) is 17.4. The molecule has 0 spiro atoms. The Bertz CT molecular complexity index is 2310. The van der Waals surface area contributed by atoms with Crippen molar-refractivity contribution in [2.24, 2.45) is 0 Å².